The van der Waals surface area contributed by atoms with Crippen molar-refractivity contribution in [2.45, 2.75) is 26.2 Å². The first kappa shape index (κ1) is 13.0. The zero-order valence-electron chi connectivity index (χ0n) is 10.2. The first-order valence-electron chi connectivity index (χ1n) is 5.73. The Balaban J connectivity index is 2.71. The molecule has 16 heavy (non-hydrogen) atoms. The molecule has 0 amide bonds. The first-order valence-corrected chi connectivity index (χ1v) is 5.73. The molecule has 0 saturated carbocycles. The molecule has 0 aliphatic carbocycles. The van der Waals surface area contributed by atoms with Gasteiger partial charge in [-0.15, -0.1) is 0 Å². The van der Waals surface area contributed by atoms with Gasteiger partial charge in [-0.25, -0.2) is 4.39 Å². The topological polar surface area (TPSA) is 21.3 Å². The number of methoxy groups -OCH3 is 1. The van der Waals surface area contributed by atoms with E-state index < -0.39 is 0 Å². The molecule has 0 heterocycles. The van der Waals surface area contributed by atoms with Gasteiger partial charge in [0.15, 0.2) is 11.6 Å². The first-order chi connectivity index (χ1) is 7.70. The van der Waals surface area contributed by atoms with Gasteiger partial charge in [0, 0.05) is 0 Å². The highest BCUT2D eigenvalue weighted by Gasteiger charge is 2.13. The summed E-state index contributed by atoms with van der Waals surface area (Å²) in [6, 6.07) is 5.31. The maximum atomic E-state index is 13.9. The lowest BCUT2D eigenvalue weighted by atomic mass is 9.97. The normalized spacial score (nSPS) is 12.5. The van der Waals surface area contributed by atoms with Crippen LogP contribution in [0.15, 0.2) is 18.2 Å². The summed E-state index contributed by atoms with van der Waals surface area (Å²) in [7, 11) is 1.49. The minimum Gasteiger partial charge on any atom is -0.494 e. The summed E-state index contributed by atoms with van der Waals surface area (Å²) in [6.07, 6.45) is 0.928. The Morgan fingerprint density at radius 1 is 1.44 bits per heavy atom. The Hall–Kier alpha value is -1.09. The number of nitrogens with one attached hydrogen (secondary N) is 1. The van der Waals surface area contributed by atoms with Crippen LogP contribution < -0.4 is 10.1 Å². The van der Waals surface area contributed by atoms with E-state index in [9.17, 15) is 4.39 Å². The SMILES string of the molecule is CCNCCC(C)c1cccc(OC)c1F. The van der Waals surface area contributed by atoms with Crippen LogP contribution in [0.25, 0.3) is 0 Å². The van der Waals surface area contributed by atoms with E-state index in [0.717, 1.165) is 25.1 Å². The van der Waals surface area contributed by atoms with Crippen LogP contribution in [0.3, 0.4) is 0 Å². The second kappa shape index (κ2) is 6.48. The highest BCUT2D eigenvalue weighted by atomic mass is 19.1. The second-order valence-corrected chi connectivity index (χ2v) is 3.91. The monoisotopic (exact) mass is 225 g/mol. The van der Waals surface area contributed by atoms with Crippen LogP contribution in [0.4, 0.5) is 4.39 Å². The zero-order chi connectivity index (χ0) is 12.0. The van der Waals surface area contributed by atoms with Crippen molar-refractivity contribution in [2.24, 2.45) is 0 Å². The molecule has 1 atom stereocenters. The van der Waals surface area contributed by atoms with Crippen molar-refractivity contribution in [3.8, 4) is 5.75 Å². The van der Waals surface area contributed by atoms with Crippen molar-refractivity contribution < 1.29 is 9.13 Å². The Labute approximate surface area is 96.8 Å². The van der Waals surface area contributed by atoms with Crippen molar-refractivity contribution in [2.75, 3.05) is 20.2 Å². The summed E-state index contributed by atoms with van der Waals surface area (Å²) in [5, 5.41) is 3.24. The fraction of sp³-hybridized carbons (Fsp3) is 0.538. The third-order valence-corrected chi connectivity index (χ3v) is 2.75. The Morgan fingerprint density at radius 2 is 2.19 bits per heavy atom. The van der Waals surface area contributed by atoms with Gasteiger partial charge < -0.3 is 10.1 Å². The number of hydrogen-bond donors (Lipinski definition) is 1. The van der Waals surface area contributed by atoms with Gasteiger partial charge in [0.2, 0.25) is 0 Å². The minimum absolute atomic E-state index is 0.203. The van der Waals surface area contributed by atoms with Crippen LogP contribution in [0.2, 0.25) is 0 Å². The summed E-state index contributed by atoms with van der Waals surface area (Å²) >= 11 is 0. The zero-order valence-corrected chi connectivity index (χ0v) is 10.2. The van der Waals surface area contributed by atoms with Crippen LogP contribution in [-0.2, 0) is 0 Å². The fourth-order valence-corrected chi connectivity index (χ4v) is 1.72. The molecule has 0 saturated heterocycles. The van der Waals surface area contributed by atoms with Crippen molar-refractivity contribution in [1.29, 1.82) is 0 Å². The number of halogens is 1. The Morgan fingerprint density at radius 3 is 2.81 bits per heavy atom. The molecule has 2 nitrogen and oxygen atoms in total. The average Bonchev–Trinajstić information content (AvgIpc) is 2.29. The highest BCUT2D eigenvalue weighted by molar-refractivity contribution is 5.33. The van der Waals surface area contributed by atoms with Gasteiger partial charge in [0.05, 0.1) is 7.11 Å². The fourth-order valence-electron chi connectivity index (χ4n) is 1.72. The maximum absolute atomic E-state index is 13.9. The van der Waals surface area contributed by atoms with E-state index in [2.05, 4.69) is 12.2 Å². The van der Waals surface area contributed by atoms with Crippen LogP contribution in [0, 0.1) is 5.82 Å². The van der Waals surface area contributed by atoms with E-state index in [4.69, 9.17) is 4.74 Å². The second-order valence-electron chi connectivity index (χ2n) is 3.91. The minimum atomic E-state index is -0.228. The average molecular weight is 225 g/mol. The lowest BCUT2D eigenvalue weighted by molar-refractivity contribution is 0.382. The van der Waals surface area contributed by atoms with Gasteiger partial charge in [-0.05, 0) is 37.1 Å². The molecule has 0 fully saturated rings. The summed E-state index contributed by atoms with van der Waals surface area (Å²) in [6.45, 7) is 5.97. The molecule has 0 spiro atoms. The molecular formula is C13H20FNO. The van der Waals surface area contributed by atoms with Gasteiger partial charge in [0.1, 0.15) is 0 Å². The summed E-state index contributed by atoms with van der Waals surface area (Å²) < 4.78 is 18.9. The van der Waals surface area contributed by atoms with Gasteiger partial charge in [-0.2, -0.15) is 0 Å². The molecule has 1 aromatic carbocycles. The van der Waals surface area contributed by atoms with Gasteiger partial charge in [0.25, 0.3) is 0 Å². The molecule has 1 aromatic rings. The highest BCUT2D eigenvalue weighted by Crippen LogP contribution is 2.27. The molecule has 0 radical (unpaired) electrons. The molecular weight excluding hydrogens is 205 g/mol. The summed E-state index contributed by atoms with van der Waals surface area (Å²) in [5.74, 6) is 0.302. The quantitative estimate of drug-likeness (QED) is 0.752. The van der Waals surface area contributed by atoms with E-state index in [0.29, 0.717) is 5.75 Å². The lowest BCUT2D eigenvalue weighted by Gasteiger charge is -2.14. The van der Waals surface area contributed by atoms with Crippen LogP contribution in [0.5, 0.6) is 5.75 Å². The van der Waals surface area contributed by atoms with Crippen LogP contribution in [0.1, 0.15) is 31.7 Å². The number of hydrogen-bond acceptors (Lipinski definition) is 2. The summed E-state index contributed by atoms with van der Waals surface area (Å²) in [4.78, 5) is 0. The molecule has 3 heteroatoms. The van der Waals surface area contributed by atoms with E-state index in [-0.39, 0.29) is 11.7 Å². The molecule has 1 rings (SSSR count). The molecule has 0 aromatic heterocycles. The number of ether oxygens (including phenoxy) is 1. The standard InChI is InChI=1S/C13H20FNO/c1-4-15-9-8-10(2)11-6-5-7-12(16-3)13(11)14/h5-7,10,15H,4,8-9H2,1-3H3. The van der Waals surface area contributed by atoms with Crippen molar-refractivity contribution in [3.63, 3.8) is 0 Å². The third kappa shape index (κ3) is 3.20. The largest absolute Gasteiger partial charge is 0.494 e. The lowest BCUT2D eigenvalue weighted by Crippen LogP contribution is -2.16. The molecule has 90 valence electrons. The predicted molar refractivity (Wildman–Crippen MR) is 64.5 cm³/mol. The van der Waals surface area contributed by atoms with Crippen LogP contribution >= 0.6 is 0 Å². The van der Waals surface area contributed by atoms with Gasteiger partial charge in [-0.3, -0.25) is 0 Å². The molecule has 0 bridgehead atoms. The number of rotatable bonds is 6. The molecule has 0 aliphatic rings. The molecule has 1 unspecified atom stereocenters. The van der Waals surface area contributed by atoms with Crippen molar-refractivity contribution in [3.05, 3.63) is 29.6 Å². The van der Waals surface area contributed by atoms with Crippen molar-refractivity contribution >= 4 is 0 Å². The summed E-state index contributed by atoms with van der Waals surface area (Å²) in [5.41, 5.74) is 0.734. The van der Waals surface area contributed by atoms with E-state index in [1.54, 1.807) is 6.07 Å². The predicted octanol–water partition coefficient (Wildman–Crippen LogP) is 2.94. The van der Waals surface area contributed by atoms with Gasteiger partial charge in [-0.1, -0.05) is 26.0 Å². The van der Waals surface area contributed by atoms with Gasteiger partial charge >= 0.3 is 0 Å². The number of benzene rings is 1. The molecule has 1 N–H and O–H groups in total. The maximum Gasteiger partial charge on any atom is 0.168 e. The van der Waals surface area contributed by atoms with Crippen LogP contribution in [-0.4, -0.2) is 20.2 Å². The smallest absolute Gasteiger partial charge is 0.168 e. The van der Waals surface area contributed by atoms with E-state index in [1.165, 1.54) is 7.11 Å². The van der Waals surface area contributed by atoms with E-state index in [1.807, 2.05) is 19.1 Å². The third-order valence-electron chi connectivity index (χ3n) is 2.75. The Kier molecular flexibility index (Phi) is 5.26. The van der Waals surface area contributed by atoms with Crippen molar-refractivity contribution in [1.82, 2.24) is 5.32 Å². The molecule has 0 aliphatic heterocycles. The Bertz CT molecular complexity index is 328. The van der Waals surface area contributed by atoms with E-state index >= 15 is 0 Å².